The molecule has 0 bridgehead atoms. The molecule has 0 aliphatic carbocycles. The van der Waals surface area contributed by atoms with Gasteiger partial charge in [0.25, 0.3) is 47.3 Å². The summed E-state index contributed by atoms with van der Waals surface area (Å²) in [7, 11) is 0. The first-order valence-corrected chi connectivity index (χ1v) is 17.3. The molecule has 2 N–H and O–H groups in total. The van der Waals surface area contributed by atoms with Crippen LogP contribution in [0.15, 0.2) is 48.6 Å². The molecular weight excluding hydrogens is 744 g/mol. The number of nitrogens with zero attached hydrogens (tertiary/aromatic N) is 5. The van der Waals surface area contributed by atoms with Crippen LogP contribution >= 0.6 is 0 Å². The highest BCUT2D eigenvalue weighted by molar-refractivity contribution is 6.15. The zero-order chi connectivity index (χ0) is 40.9. The molecule has 0 aromatic rings. The number of carbonyl (C=O) groups is 12. The van der Waals surface area contributed by atoms with E-state index >= 15 is 0 Å². The van der Waals surface area contributed by atoms with Gasteiger partial charge in [0.05, 0.1) is 44.8 Å². The summed E-state index contributed by atoms with van der Waals surface area (Å²) < 4.78 is 11.2. The highest BCUT2D eigenvalue weighted by Crippen LogP contribution is 2.13. The van der Waals surface area contributed by atoms with Gasteiger partial charge in [-0.25, -0.2) is 0 Å². The van der Waals surface area contributed by atoms with E-state index in [9.17, 15) is 57.5 Å². The van der Waals surface area contributed by atoms with E-state index in [1.165, 1.54) is 4.90 Å². The lowest BCUT2D eigenvalue weighted by Crippen LogP contribution is -2.47. The SMILES string of the molecule is O=C(O)CCC(=O)N(CCCC(=O)COC(CN1C(=O)C=CC1=O)CN1C(=O)C=CC1=O)CCNC(=O)COC(CN1C(=O)C=CC1=O)CN1C(=O)C=CC1=O. The Morgan fingerprint density at radius 3 is 1.30 bits per heavy atom. The fourth-order valence-corrected chi connectivity index (χ4v) is 5.64. The molecule has 10 amide bonds. The van der Waals surface area contributed by atoms with Gasteiger partial charge >= 0.3 is 5.97 Å². The Balaban J connectivity index is 1.26. The topological polar surface area (TPSA) is 272 Å². The zero-order valence-corrected chi connectivity index (χ0v) is 29.9. The first-order valence-electron chi connectivity index (χ1n) is 17.3. The number of carbonyl (C=O) groups excluding carboxylic acids is 11. The predicted octanol–water partition coefficient (Wildman–Crippen LogP) is -3.38. The van der Waals surface area contributed by atoms with E-state index in [1.807, 2.05) is 0 Å². The van der Waals surface area contributed by atoms with Crippen molar-refractivity contribution in [3.8, 4) is 0 Å². The van der Waals surface area contributed by atoms with Crippen LogP contribution in [0.5, 0.6) is 0 Å². The molecule has 4 rings (SSSR count). The van der Waals surface area contributed by atoms with Crippen LogP contribution in [0, 0.1) is 0 Å². The summed E-state index contributed by atoms with van der Waals surface area (Å²) in [5.74, 6) is -8.09. The molecule has 4 heterocycles. The minimum Gasteiger partial charge on any atom is -0.481 e. The van der Waals surface area contributed by atoms with Crippen molar-refractivity contribution in [2.45, 2.75) is 37.9 Å². The van der Waals surface area contributed by atoms with E-state index in [4.69, 9.17) is 14.6 Å². The van der Waals surface area contributed by atoms with E-state index in [-0.39, 0.29) is 65.1 Å². The maximum absolute atomic E-state index is 12.9. The highest BCUT2D eigenvalue weighted by Gasteiger charge is 2.34. The van der Waals surface area contributed by atoms with Crippen molar-refractivity contribution in [2.24, 2.45) is 0 Å². The molecule has 0 aromatic heterocycles. The zero-order valence-electron chi connectivity index (χ0n) is 29.9. The number of ether oxygens (including phenoxy) is 2. The standard InChI is InChI=1S/C35H38N6O15/c42-22(20-55-23(16-38-27(45)3-4-28(38)46)17-39-29(47)5-6-30(39)48)2-1-14-37(26(44)11-12-35(53)54)15-13-36-25(43)21-56-24(18-40-31(49)7-8-32(40)50)19-41-33(51)9-10-34(41)52/h3-10,23-24H,1-2,11-21H2,(H,36,43)(H,53,54). The molecule has 4 aliphatic rings. The van der Waals surface area contributed by atoms with Gasteiger partial charge in [0.15, 0.2) is 5.78 Å². The molecule has 0 radical (unpaired) electrons. The third-order valence-corrected chi connectivity index (χ3v) is 8.57. The molecule has 0 spiro atoms. The van der Waals surface area contributed by atoms with E-state index in [0.29, 0.717) is 0 Å². The quantitative estimate of drug-likeness (QED) is 0.0904. The Labute approximate surface area is 318 Å². The predicted molar refractivity (Wildman–Crippen MR) is 184 cm³/mol. The van der Waals surface area contributed by atoms with Gasteiger partial charge in [-0.05, 0) is 6.42 Å². The Bertz CT molecular complexity index is 1540. The molecular formula is C35H38N6O15. The van der Waals surface area contributed by atoms with Crippen LogP contribution in [-0.2, 0) is 67.0 Å². The summed E-state index contributed by atoms with van der Waals surface area (Å²) in [5.41, 5.74) is 0. The van der Waals surface area contributed by atoms with Gasteiger partial charge in [-0.15, -0.1) is 0 Å². The van der Waals surface area contributed by atoms with Gasteiger partial charge in [0.2, 0.25) is 11.8 Å². The summed E-state index contributed by atoms with van der Waals surface area (Å²) in [6.07, 6.45) is 5.18. The minimum absolute atomic E-state index is 0.0369. The lowest BCUT2D eigenvalue weighted by molar-refractivity contribution is -0.145. The molecule has 0 fully saturated rings. The minimum atomic E-state index is -1.22. The lowest BCUT2D eigenvalue weighted by atomic mass is 10.2. The van der Waals surface area contributed by atoms with Crippen molar-refractivity contribution >= 4 is 70.8 Å². The largest absolute Gasteiger partial charge is 0.481 e. The van der Waals surface area contributed by atoms with Gasteiger partial charge in [0.1, 0.15) is 13.2 Å². The molecule has 21 nitrogen and oxygen atoms in total. The third-order valence-electron chi connectivity index (χ3n) is 8.57. The number of nitrogens with one attached hydrogen (secondary N) is 1. The molecule has 21 heteroatoms. The number of rotatable bonds is 24. The number of amides is 10. The van der Waals surface area contributed by atoms with Crippen molar-refractivity contribution < 1.29 is 72.1 Å². The number of aliphatic carboxylic acids is 1. The molecule has 0 aromatic carbocycles. The maximum atomic E-state index is 12.9. The molecule has 298 valence electrons. The second kappa shape index (κ2) is 19.7. The number of imide groups is 4. The summed E-state index contributed by atoms with van der Waals surface area (Å²) >= 11 is 0. The molecule has 0 atom stereocenters. The molecule has 0 unspecified atom stereocenters. The fraction of sp³-hybridized carbons (Fsp3) is 0.429. The molecule has 56 heavy (non-hydrogen) atoms. The Morgan fingerprint density at radius 2 is 0.929 bits per heavy atom. The van der Waals surface area contributed by atoms with E-state index in [2.05, 4.69) is 5.32 Å². The number of hydrogen-bond acceptors (Lipinski definition) is 14. The molecule has 0 saturated heterocycles. The third kappa shape index (κ3) is 12.0. The number of hydrogen-bond donors (Lipinski definition) is 2. The van der Waals surface area contributed by atoms with E-state index < -0.39 is 103 Å². The van der Waals surface area contributed by atoms with Crippen LogP contribution < -0.4 is 5.32 Å². The number of Topliss-reactive ketones (excluding diaryl/α,β-unsaturated/α-hetero) is 1. The van der Waals surface area contributed by atoms with Crippen molar-refractivity contribution in [1.29, 1.82) is 0 Å². The van der Waals surface area contributed by atoms with Crippen LogP contribution in [-0.4, -0.2) is 172 Å². The van der Waals surface area contributed by atoms with Crippen molar-refractivity contribution in [2.75, 3.05) is 59.0 Å². The second-order valence-electron chi connectivity index (χ2n) is 12.6. The van der Waals surface area contributed by atoms with E-state index in [0.717, 1.165) is 68.2 Å². The monoisotopic (exact) mass is 782 g/mol. The van der Waals surface area contributed by atoms with Gasteiger partial charge in [-0.2, -0.15) is 0 Å². The Hall–Kier alpha value is -6.48. The normalized spacial score (nSPS) is 16.4. The van der Waals surface area contributed by atoms with Crippen LogP contribution in [0.4, 0.5) is 0 Å². The summed E-state index contributed by atoms with van der Waals surface area (Å²) in [5, 5.41) is 11.6. The van der Waals surface area contributed by atoms with Crippen LogP contribution in [0.25, 0.3) is 0 Å². The smallest absolute Gasteiger partial charge is 0.303 e. The summed E-state index contributed by atoms with van der Waals surface area (Å²) in [6, 6.07) is 0. The number of ketones is 1. The van der Waals surface area contributed by atoms with E-state index in [1.54, 1.807) is 0 Å². The fourth-order valence-electron chi connectivity index (χ4n) is 5.64. The van der Waals surface area contributed by atoms with Crippen molar-refractivity contribution in [3.63, 3.8) is 0 Å². The number of carboxylic acid groups (broad SMARTS) is 1. The van der Waals surface area contributed by atoms with Gasteiger partial charge in [-0.3, -0.25) is 77.1 Å². The highest BCUT2D eigenvalue weighted by atomic mass is 16.5. The Morgan fingerprint density at radius 1 is 0.554 bits per heavy atom. The first-order chi connectivity index (χ1) is 26.6. The first kappa shape index (κ1) is 42.3. The second-order valence-corrected chi connectivity index (χ2v) is 12.6. The summed E-state index contributed by atoms with van der Waals surface area (Å²) in [4.78, 5) is 151. The Kier molecular flexibility index (Phi) is 14.9. The van der Waals surface area contributed by atoms with Gasteiger partial charge in [-0.1, -0.05) is 0 Å². The van der Waals surface area contributed by atoms with Gasteiger partial charge < -0.3 is 24.8 Å². The van der Waals surface area contributed by atoms with Crippen molar-refractivity contribution in [1.82, 2.24) is 29.8 Å². The molecule has 0 saturated carbocycles. The summed E-state index contributed by atoms with van der Waals surface area (Å²) in [6.45, 7) is -2.87. The van der Waals surface area contributed by atoms with Gasteiger partial charge in [0, 0.05) is 81.1 Å². The maximum Gasteiger partial charge on any atom is 0.303 e. The average Bonchev–Trinajstić information content (AvgIpc) is 3.86. The van der Waals surface area contributed by atoms with Crippen molar-refractivity contribution in [3.05, 3.63) is 48.6 Å². The van der Waals surface area contributed by atoms with Crippen LogP contribution in [0.1, 0.15) is 25.7 Å². The number of carboxylic acids is 1. The lowest BCUT2D eigenvalue weighted by Gasteiger charge is -2.26. The van der Waals surface area contributed by atoms with Crippen LogP contribution in [0.3, 0.4) is 0 Å². The van der Waals surface area contributed by atoms with Crippen LogP contribution in [0.2, 0.25) is 0 Å². The average molecular weight is 783 g/mol. The molecule has 4 aliphatic heterocycles.